The van der Waals surface area contributed by atoms with Crippen LogP contribution in [0.2, 0.25) is 0 Å². The van der Waals surface area contributed by atoms with Gasteiger partial charge < -0.3 is 10.1 Å². The molecule has 2 unspecified atom stereocenters. The zero-order valence-corrected chi connectivity index (χ0v) is 14.9. The maximum atomic E-state index is 12.7. The van der Waals surface area contributed by atoms with E-state index >= 15 is 0 Å². The van der Waals surface area contributed by atoms with E-state index in [0.717, 1.165) is 16.8 Å². The second-order valence-electron chi connectivity index (χ2n) is 6.18. The highest BCUT2D eigenvalue weighted by Gasteiger charge is 2.22. The first kappa shape index (κ1) is 17.7. The minimum Gasteiger partial charge on any atom is -0.481 e. The lowest BCUT2D eigenvalue weighted by atomic mass is 10.0. The number of nitrogens with zero attached hydrogens (tertiary/aromatic N) is 1. The van der Waals surface area contributed by atoms with Crippen molar-refractivity contribution in [1.82, 2.24) is 10.3 Å². The van der Waals surface area contributed by atoms with E-state index < -0.39 is 6.10 Å². The van der Waals surface area contributed by atoms with E-state index in [1.54, 1.807) is 13.1 Å². The second kappa shape index (κ2) is 8.30. The number of hydrogen-bond donors (Lipinski definition) is 1. The Morgan fingerprint density at radius 3 is 2.46 bits per heavy atom. The molecule has 1 N–H and O–H groups in total. The highest BCUT2D eigenvalue weighted by Crippen LogP contribution is 2.21. The van der Waals surface area contributed by atoms with Gasteiger partial charge in [-0.3, -0.25) is 9.78 Å². The van der Waals surface area contributed by atoms with E-state index in [4.69, 9.17) is 4.74 Å². The molecule has 0 aliphatic rings. The molecular formula is C22H22N2O2. The maximum Gasteiger partial charge on any atom is 0.261 e. The Balaban J connectivity index is 1.77. The predicted octanol–water partition coefficient (Wildman–Crippen LogP) is 4.06. The Kier molecular flexibility index (Phi) is 5.64. The van der Waals surface area contributed by atoms with Gasteiger partial charge in [0.25, 0.3) is 5.91 Å². The van der Waals surface area contributed by atoms with Gasteiger partial charge in [-0.25, -0.2) is 0 Å². The molecule has 2 atom stereocenters. The molecule has 26 heavy (non-hydrogen) atoms. The first-order valence-corrected chi connectivity index (χ1v) is 8.63. The van der Waals surface area contributed by atoms with Crippen molar-refractivity contribution in [2.75, 3.05) is 0 Å². The summed E-state index contributed by atoms with van der Waals surface area (Å²) in [6, 6.07) is 22.8. The maximum absolute atomic E-state index is 12.7. The summed E-state index contributed by atoms with van der Waals surface area (Å²) in [7, 11) is 0. The third-order valence-corrected chi connectivity index (χ3v) is 4.07. The summed E-state index contributed by atoms with van der Waals surface area (Å²) in [6.07, 6.45) is 1.11. The van der Waals surface area contributed by atoms with E-state index in [-0.39, 0.29) is 11.9 Å². The van der Waals surface area contributed by atoms with E-state index in [1.165, 1.54) is 0 Å². The van der Waals surface area contributed by atoms with Crippen LogP contribution >= 0.6 is 0 Å². The molecular weight excluding hydrogens is 324 g/mol. The van der Waals surface area contributed by atoms with Gasteiger partial charge in [-0.05, 0) is 49.2 Å². The predicted molar refractivity (Wildman–Crippen MR) is 102 cm³/mol. The standard InChI is InChI=1S/C22H22N2O2/c1-16-9-8-12-19(15-16)26-17(2)22(25)24-21(18-10-4-3-5-11-18)20-13-6-7-14-23-20/h3-15,17,21H,1-2H3,(H,24,25). The molecule has 3 aromatic rings. The van der Waals surface area contributed by atoms with E-state index in [0.29, 0.717) is 5.75 Å². The second-order valence-corrected chi connectivity index (χ2v) is 6.18. The number of ether oxygens (including phenoxy) is 1. The quantitative estimate of drug-likeness (QED) is 0.732. The average molecular weight is 346 g/mol. The normalized spacial score (nSPS) is 12.8. The van der Waals surface area contributed by atoms with Crippen molar-refractivity contribution in [1.29, 1.82) is 0 Å². The summed E-state index contributed by atoms with van der Waals surface area (Å²) in [6.45, 7) is 3.74. The Labute approximate surface area is 153 Å². The molecule has 0 aliphatic carbocycles. The van der Waals surface area contributed by atoms with Gasteiger partial charge >= 0.3 is 0 Å². The SMILES string of the molecule is Cc1cccc(OC(C)C(=O)NC(c2ccccc2)c2ccccn2)c1. The lowest BCUT2D eigenvalue weighted by molar-refractivity contribution is -0.127. The smallest absolute Gasteiger partial charge is 0.261 e. The summed E-state index contributed by atoms with van der Waals surface area (Å²) in [4.78, 5) is 17.1. The number of nitrogens with one attached hydrogen (secondary N) is 1. The zero-order valence-electron chi connectivity index (χ0n) is 14.9. The summed E-state index contributed by atoms with van der Waals surface area (Å²) in [5.41, 5.74) is 2.85. The van der Waals surface area contributed by atoms with Gasteiger partial charge in [-0.15, -0.1) is 0 Å². The first-order valence-electron chi connectivity index (χ1n) is 8.63. The number of hydrogen-bond acceptors (Lipinski definition) is 3. The van der Waals surface area contributed by atoms with Gasteiger partial charge in [0.15, 0.2) is 6.10 Å². The average Bonchev–Trinajstić information content (AvgIpc) is 2.67. The highest BCUT2D eigenvalue weighted by atomic mass is 16.5. The van der Waals surface area contributed by atoms with Crippen molar-refractivity contribution >= 4 is 5.91 Å². The fraction of sp³-hybridized carbons (Fsp3) is 0.182. The van der Waals surface area contributed by atoms with Crippen LogP contribution in [0, 0.1) is 6.92 Å². The van der Waals surface area contributed by atoms with Gasteiger partial charge in [0.05, 0.1) is 11.7 Å². The topological polar surface area (TPSA) is 51.2 Å². The van der Waals surface area contributed by atoms with Crippen molar-refractivity contribution < 1.29 is 9.53 Å². The molecule has 0 saturated heterocycles. The van der Waals surface area contributed by atoms with Crippen molar-refractivity contribution in [3.63, 3.8) is 0 Å². The lowest BCUT2D eigenvalue weighted by Crippen LogP contribution is -2.39. The molecule has 4 nitrogen and oxygen atoms in total. The van der Waals surface area contributed by atoms with Crippen LogP contribution in [0.5, 0.6) is 5.75 Å². The minimum atomic E-state index is -0.619. The number of benzene rings is 2. The molecule has 132 valence electrons. The molecule has 0 aliphatic heterocycles. The lowest BCUT2D eigenvalue weighted by Gasteiger charge is -2.22. The van der Waals surface area contributed by atoms with E-state index in [2.05, 4.69) is 10.3 Å². The largest absolute Gasteiger partial charge is 0.481 e. The molecule has 4 heteroatoms. The molecule has 0 saturated carbocycles. The Morgan fingerprint density at radius 1 is 1.00 bits per heavy atom. The fourth-order valence-corrected chi connectivity index (χ4v) is 2.73. The number of amides is 1. The van der Waals surface area contributed by atoms with Crippen LogP contribution in [-0.4, -0.2) is 17.0 Å². The summed E-state index contributed by atoms with van der Waals surface area (Å²) < 4.78 is 5.80. The highest BCUT2D eigenvalue weighted by molar-refractivity contribution is 5.81. The van der Waals surface area contributed by atoms with Crippen LogP contribution in [0.4, 0.5) is 0 Å². The number of pyridine rings is 1. The van der Waals surface area contributed by atoms with Crippen LogP contribution in [0.25, 0.3) is 0 Å². The van der Waals surface area contributed by atoms with Crippen molar-refractivity contribution in [2.45, 2.75) is 26.0 Å². The minimum absolute atomic E-state index is 0.189. The van der Waals surface area contributed by atoms with Crippen LogP contribution < -0.4 is 10.1 Å². The number of carbonyl (C=O) groups excluding carboxylic acids is 1. The van der Waals surface area contributed by atoms with Crippen molar-refractivity contribution in [3.8, 4) is 5.75 Å². The van der Waals surface area contributed by atoms with Crippen molar-refractivity contribution in [2.24, 2.45) is 0 Å². The van der Waals surface area contributed by atoms with Crippen LogP contribution in [0.3, 0.4) is 0 Å². The molecule has 2 aromatic carbocycles. The molecule has 3 rings (SSSR count). The Morgan fingerprint density at radius 2 is 1.77 bits per heavy atom. The third kappa shape index (κ3) is 4.48. The molecule has 1 aromatic heterocycles. The van der Waals surface area contributed by atoms with Gasteiger partial charge in [-0.1, -0.05) is 48.5 Å². The van der Waals surface area contributed by atoms with Gasteiger partial charge in [-0.2, -0.15) is 0 Å². The van der Waals surface area contributed by atoms with Crippen LogP contribution in [0.15, 0.2) is 79.0 Å². The van der Waals surface area contributed by atoms with Crippen LogP contribution in [-0.2, 0) is 4.79 Å². The molecule has 0 radical (unpaired) electrons. The molecule has 0 fully saturated rings. The third-order valence-electron chi connectivity index (χ3n) is 4.07. The van der Waals surface area contributed by atoms with Gasteiger partial charge in [0, 0.05) is 6.20 Å². The fourth-order valence-electron chi connectivity index (χ4n) is 2.73. The molecule has 0 spiro atoms. The summed E-state index contributed by atoms with van der Waals surface area (Å²) in [5, 5.41) is 3.06. The van der Waals surface area contributed by atoms with Gasteiger partial charge in [0.1, 0.15) is 5.75 Å². The van der Waals surface area contributed by atoms with E-state index in [9.17, 15) is 4.79 Å². The first-order chi connectivity index (χ1) is 12.6. The Bertz CT molecular complexity index is 811. The number of aromatic nitrogens is 1. The van der Waals surface area contributed by atoms with E-state index in [1.807, 2.05) is 79.7 Å². The zero-order chi connectivity index (χ0) is 18.4. The van der Waals surface area contributed by atoms with Crippen LogP contribution in [0.1, 0.15) is 29.8 Å². The van der Waals surface area contributed by atoms with Crippen molar-refractivity contribution in [3.05, 3.63) is 95.8 Å². The number of rotatable bonds is 6. The molecule has 0 bridgehead atoms. The van der Waals surface area contributed by atoms with Gasteiger partial charge in [0.2, 0.25) is 0 Å². The number of aryl methyl sites for hydroxylation is 1. The molecule has 1 heterocycles. The Hall–Kier alpha value is -3.14. The molecule has 1 amide bonds. The number of carbonyl (C=O) groups is 1. The summed E-state index contributed by atoms with van der Waals surface area (Å²) in [5.74, 6) is 0.493. The summed E-state index contributed by atoms with van der Waals surface area (Å²) >= 11 is 0. The monoisotopic (exact) mass is 346 g/mol.